The van der Waals surface area contributed by atoms with Gasteiger partial charge in [-0.2, -0.15) is 11.3 Å². The van der Waals surface area contributed by atoms with E-state index in [4.69, 9.17) is 4.74 Å². The van der Waals surface area contributed by atoms with Gasteiger partial charge in [0.1, 0.15) is 0 Å². The molecule has 1 saturated heterocycles. The second-order valence-corrected chi connectivity index (χ2v) is 5.23. The quantitative estimate of drug-likeness (QED) is 0.811. The number of ether oxygens (including phenoxy) is 1. The third kappa shape index (κ3) is 2.49. The Labute approximate surface area is 89.3 Å². The van der Waals surface area contributed by atoms with Gasteiger partial charge >= 0.3 is 0 Å². The number of hydrogen-bond donors (Lipinski definition) is 1. The van der Waals surface area contributed by atoms with Gasteiger partial charge in [-0.3, -0.25) is 0 Å². The highest BCUT2D eigenvalue weighted by Gasteiger charge is 2.28. The van der Waals surface area contributed by atoms with Crippen LogP contribution in [0.15, 0.2) is 16.8 Å². The molecule has 1 aliphatic rings. The Balaban J connectivity index is 1.92. The van der Waals surface area contributed by atoms with Gasteiger partial charge in [0.2, 0.25) is 0 Å². The Kier molecular flexibility index (Phi) is 2.79. The topological polar surface area (TPSA) is 21.3 Å². The first-order chi connectivity index (χ1) is 6.66. The largest absolute Gasteiger partial charge is 0.381 e. The van der Waals surface area contributed by atoms with Gasteiger partial charge in [0.25, 0.3) is 0 Å². The molecule has 78 valence electrons. The molecule has 2 rings (SSSR count). The number of rotatable bonds is 2. The summed E-state index contributed by atoms with van der Waals surface area (Å²) in [6.07, 6.45) is 2.20. The minimum atomic E-state index is 0.0337. The van der Waals surface area contributed by atoms with Crippen molar-refractivity contribution in [1.29, 1.82) is 0 Å². The molecule has 2 heterocycles. The summed E-state index contributed by atoms with van der Waals surface area (Å²) in [4.78, 5) is 0. The SMILES string of the molecule is CC1(C)CC(Nc2ccsc2)CCO1. The van der Waals surface area contributed by atoms with E-state index in [2.05, 4.69) is 36.0 Å². The van der Waals surface area contributed by atoms with Crippen LogP contribution in [0.1, 0.15) is 26.7 Å². The molecule has 0 aliphatic carbocycles. The van der Waals surface area contributed by atoms with Crippen LogP contribution in [0.3, 0.4) is 0 Å². The molecule has 1 N–H and O–H groups in total. The first-order valence-electron chi connectivity index (χ1n) is 5.08. The molecule has 0 amide bonds. The van der Waals surface area contributed by atoms with Crippen LogP contribution < -0.4 is 5.32 Å². The first kappa shape index (κ1) is 9.99. The van der Waals surface area contributed by atoms with Gasteiger partial charge in [0.15, 0.2) is 0 Å². The van der Waals surface area contributed by atoms with Crippen molar-refractivity contribution < 1.29 is 4.74 Å². The van der Waals surface area contributed by atoms with Crippen LogP contribution in [0.5, 0.6) is 0 Å². The molecule has 0 spiro atoms. The Morgan fingerprint density at radius 1 is 1.57 bits per heavy atom. The van der Waals surface area contributed by atoms with Crippen molar-refractivity contribution in [3.05, 3.63) is 16.8 Å². The predicted octanol–water partition coefficient (Wildman–Crippen LogP) is 3.12. The molecule has 3 heteroatoms. The Morgan fingerprint density at radius 2 is 2.43 bits per heavy atom. The lowest BCUT2D eigenvalue weighted by Crippen LogP contribution is -2.40. The molecule has 1 aromatic rings. The average molecular weight is 211 g/mol. The summed E-state index contributed by atoms with van der Waals surface area (Å²) in [5, 5.41) is 7.81. The van der Waals surface area contributed by atoms with E-state index < -0.39 is 0 Å². The van der Waals surface area contributed by atoms with Gasteiger partial charge in [-0.15, -0.1) is 0 Å². The Morgan fingerprint density at radius 3 is 3.07 bits per heavy atom. The fraction of sp³-hybridized carbons (Fsp3) is 0.636. The molecular formula is C11H17NOS. The average Bonchev–Trinajstić information content (AvgIpc) is 2.54. The molecule has 1 atom stereocenters. The van der Waals surface area contributed by atoms with Crippen LogP contribution in [0.2, 0.25) is 0 Å². The van der Waals surface area contributed by atoms with Crippen LogP contribution in [0.25, 0.3) is 0 Å². The summed E-state index contributed by atoms with van der Waals surface area (Å²) in [7, 11) is 0. The van der Waals surface area contributed by atoms with Crippen LogP contribution in [-0.2, 0) is 4.74 Å². The third-order valence-electron chi connectivity index (χ3n) is 2.59. The normalized spacial score (nSPS) is 26.0. The summed E-state index contributed by atoms with van der Waals surface area (Å²) in [5.74, 6) is 0. The van der Waals surface area contributed by atoms with E-state index in [0.29, 0.717) is 6.04 Å². The van der Waals surface area contributed by atoms with Crippen molar-refractivity contribution in [2.45, 2.75) is 38.3 Å². The number of anilines is 1. The van der Waals surface area contributed by atoms with E-state index in [1.807, 2.05) is 0 Å². The van der Waals surface area contributed by atoms with Crippen LogP contribution in [0.4, 0.5) is 5.69 Å². The highest BCUT2D eigenvalue weighted by molar-refractivity contribution is 7.08. The molecule has 2 nitrogen and oxygen atoms in total. The lowest BCUT2D eigenvalue weighted by atomic mass is 9.94. The minimum absolute atomic E-state index is 0.0337. The predicted molar refractivity (Wildman–Crippen MR) is 61.0 cm³/mol. The highest BCUT2D eigenvalue weighted by atomic mass is 32.1. The molecule has 1 unspecified atom stereocenters. The third-order valence-corrected chi connectivity index (χ3v) is 3.27. The zero-order valence-corrected chi connectivity index (χ0v) is 9.56. The second-order valence-electron chi connectivity index (χ2n) is 4.45. The Hall–Kier alpha value is -0.540. The molecule has 1 aromatic heterocycles. The molecule has 0 radical (unpaired) electrons. The number of nitrogens with one attached hydrogen (secondary N) is 1. The van der Waals surface area contributed by atoms with Crippen molar-refractivity contribution in [2.24, 2.45) is 0 Å². The Bertz CT molecular complexity index is 281. The smallest absolute Gasteiger partial charge is 0.0646 e. The van der Waals surface area contributed by atoms with Crippen LogP contribution in [-0.4, -0.2) is 18.2 Å². The zero-order chi connectivity index (χ0) is 10.0. The molecule has 0 aromatic carbocycles. The van der Waals surface area contributed by atoms with E-state index in [1.165, 1.54) is 5.69 Å². The summed E-state index contributed by atoms with van der Waals surface area (Å²) < 4.78 is 5.68. The first-order valence-corrected chi connectivity index (χ1v) is 6.03. The summed E-state index contributed by atoms with van der Waals surface area (Å²) >= 11 is 1.73. The highest BCUT2D eigenvalue weighted by Crippen LogP contribution is 2.26. The molecular weight excluding hydrogens is 194 g/mol. The van der Waals surface area contributed by atoms with E-state index in [9.17, 15) is 0 Å². The van der Waals surface area contributed by atoms with Crippen molar-refractivity contribution in [2.75, 3.05) is 11.9 Å². The second kappa shape index (κ2) is 3.91. The summed E-state index contributed by atoms with van der Waals surface area (Å²) in [6, 6.07) is 2.70. The lowest BCUT2D eigenvalue weighted by molar-refractivity contribution is -0.0553. The maximum absolute atomic E-state index is 5.68. The number of hydrogen-bond acceptors (Lipinski definition) is 3. The van der Waals surface area contributed by atoms with Gasteiger partial charge in [-0.05, 0) is 38.1 Å². The van der Waals surface area contributed by atoms with Gasteiger partial charge in [-0.1, -0.05) is 0 Å². The van der Waals surface area contributed by atoms with Gasteiger partial charge in [0.05, 0.1) is 5.60 Å². The van der Waals surface area contributed by atoms with E-state index >= 15 is 0 Å². The zero-order valence-electron chi connectivity index (χ0n) is 8.75. The molecule has 1 aliphatic heterocycles. The summed E-state index contributed by atoms with van der Waals surface area (Å²) in [6.45, 7) is 5.19. The van der Waals surface area contributed by atoms with E-state index in [1.54, 1.807) is 11.3 Å². The maximum atomic E-state index is 5.68. The van der Waals surface area contributed by atoms with E-state index in [-0.39, 0.29) is 5.60 Å². The lowest BCUT2D eigenvalue weighted by Gasteiger charge is -2.36. The van der Waals surface area contributed by atoms with Gasteiger partial charge < -0.3 is 10.1 Å². The molecule has 0 bridgehead atoms. The van der Waals surface area contributed by atoms with Gasteiger partial charge in [-0.25, -0.2) is 0 Å². The van der Waals surface area contributed by atoms with Gasteiger partial charge in [0, 0.05) is 23.7 Å². The molecule has 0 saturated carbocycles. The van der Waals surface area contributed by atoms with Crippen LogP contribution in [0, 0.1) is 0 Å². The maximum Gasteiger partial charge on any atom is 0.0646 e. The van der Waals surface area contributed by atoms with Crippen molar-refractivity contribution in [3.8, 4) is 0 Å². The van der Waals surface area contributed by atoms with Crippen LogP contribution >= 0.6 is 11.3 Å². The van der Waals surface area contributed by atoms with E-state index in [0.717, 1.165) is 19.4 Å². The standard InChI is InChI=1S/C11H17NOS/c1-11(2)7-9(3-5-13-11)12-10-4-6-14-8-10/h4,6,8-9,12H,3,5,7H2,1-2H3. The van der Waals surface area contributed by atoms with Crippen molar-refractivity contribution in [1.82, 2.24) is 0 Å². The monoisotopic (exact) mass is 211 g/mol. The minimum Gasteiger partial charge on any atom is -0.381 e. The van der Waals surface area contributed by atoms with Crippen molar-refractivity contribution >= 4 is 17.0 Å². The fourth-order valence-electron chi connectivity index (χ4n) is 1.94. The fourth-order valence-corrected chi connectivity index (χ4v) is 2.53. The summed E-state index contributed by atoms with van der Waals surface area (Å²) in [5.41, 5.74) is 1.28. The van der Waals surface area contributed by atoms with Crippen molar-refractivity contribution in [3.63, 3.8) is 0 Å². The number of thiophene rings is 1. The molecule has 1 fully saturated rings. The molecule has 14 heavy (non-hydrogen) atoms.